The van der Waals surface area contributed by atoms with E-state index in [4.69, 9.17) is 0 Å². The smallest absolute Gasteiger partial charge is 0.277 e. The van der Waals surface area contributed by atoms with Gasteiger partial charge < -0.3 is 0 Å². The molecule has 3 aromatic rings. The van der Waals surface area contributed by atoms with Crippen LogP contribution in [0.4, 0.5) is 10.8 Å². The number of likely N-dealkylation sites (tertiary alicyclic amines) is 1. The van der Waals surface area contributed by atoms with E-state index in [-0.39, 0.29) is 17.3 Å². The summed E-state index contributed by atoms with van der Waals surface area (Å²) in [7, 11) is 0. The van der Waals surface area contributed by atoms with Gasteiger partial charge in [0.1, 0.15) is 0 Å². The molecule has 1 aliphatic rings. The highest BCUT2D eigenvalue weighted by molar-refractivity contribution is 7.13. The van der Waals surface area contributed by atoms with Gasteiger partial charge in [-0.05, 0) is 43.5 Å². The highest BCUT2D eigenvalue weighted by Gasteiger charge is 2.18. The van der Waals surface area contributed by atoms with E-state index in [2.05, 4.69) is 27.2 Å². The van der Waals surface area contributed by atoms with Crippen LogP contribution in [0.15, 0.2) is 41.9 Å². The fourth-order valence-corrected chi connectivity index (χ4v) is 4.27. The lowest BCUT2D eigenvalue weighted by molar-refractivity contribution is -0.384. The van der Waals surface area contributed by atoms with Crippen LogP contribution in [0.5, 0.6) is 0 Å². The molecule has 4 rings (SSSR count). The summed E-state index contributed by atoms with van der Waals surface area (Å²) in [6, 6.07) is 7.57. The van der Waals surface area contributed by atoms with E-state index in [1.54, 1.807) is 24.4 Å². The number of rotatable bonds is 6. The molecule has 1 aliphatic heterocycles. The Kier molecular flexibility index (Phi) is 5.86. The Hall–Kier alpha value is -3.11. The molecule has 1 fully saturated rings. The third-order valence-electron chi connectivity index (χ3n) is 5.05. The third-order valence-corrected chi connectivity index (χ3v) is 5.85. The van der Waals surface area contributed by atoms with Gasteiger partial charge in [0.25, 0.3) is 11.6 Å². The number of nitro benzene ring substituents is 1. The molecular formula is C20H22N6O3S. The van der Waals surface area contributed by atoms with Gasteiger partial charge in [-0.1, -0.05) is 6.92 Å². The molecule has 0 spiro atoms. The van der Waals surface area contributed by atoms with Crippen LogP contribution in [0.25, 0.3) is 5.69 Å². The van der Waals surface area contributed by atoms with Crippen LogP contribution in [-0.2, 0) is 6.54 Å². The van der Waals surface area contributed by atoms with Crippen LogP contribution in [0.2, 0.25) is 0 Å². The van der Waals surface area contributed by atoms with Crippen molar-refractivity contribution < 1.29 is 9.72 Å². The summed E-state index contributed by atoms with van der Waals surface area (Å²) in [4.78, 5) is 29.8. The van der Waals surface area contributed by atoms with Crippen LogP contribution in [0, 0.1) is 16.0 Å². The molecule has 1 N–H and O–H groups in total. The van der Waals surface area contributed by atoms with Crippen LogP contribution in [-0.4, -0.2) is 43.6 Å². The number of carbonyl (C=O) groups excluding carboxylic acids is 1. The second-order valence-corrected chi connectivity index (χ2v) is 8.36. The second-order valence-electron chi connectivity index (χ2n) is 7.50. The Balaban J connectivity index is 1.37. The first-order valence-electron chi connectivity index (χ1n) is 9.76. The molecule has 9 nitrogen and oxygen atoms in total. The molecule has 1 unspecified atom stereocenters. The van der Waals surface area contributed by atoms with E-state index in [9.17, 15) is 14.9 Å². The Bertz CT molecular complexity index is 1050. The number of aromatic nitrogens is 3. The maximum Gasteiger partial charge on any atom is 0.277 e. The van der Waals surface area contributed by atoms with Crippen LogP contribution in [0.1, 0.15) is 35.9 Å². The predicted molar refractivity (Wildman–Crippen MR) is 114 cm³/mol. The highest BCUT2D eigenvalue weighted by Crippen LogP contribution is 2.21. The first-order chi connectivity index (χ1) is 14.5. The van der Waals surface area contributed by atoms with E-state index >= 15 is 0 Å². The zero-order chi connectivity index (χ0) is 21.1. The normalized spacial score (nSPS) is 17.0. The number of hydrogen-bond acceptors (Lipinski definition) is 7. The number of nitrogens with zero attached hydrogens (tertiary/aromatic N) is 5. The zero-order valence-corrected chi connectivity index (χ0v) is 17.3. The van der Waals surface area contributed by atoms with Crippen LogP contribution in [0.3, 0.4) is 0 Å². The lowest BCUT2D eigenvalue weighted by Crippen LogP contribution is -2.33. The quantitative estimate of drug-likeness (QED) is 0.476. The van der Waals surface area contributed by atoms with E-state index in [1.165, 1.54) is 41.0 Å². The third kappa shape index (κ3) is 4.71. The van der Waals surface area contributed by atoms with Crippen molar-refractivity contribution in [1.29, 1.82) is 0 Å². The maximum atomic E-state index is 12.5. The number of thiazole rings is 1. The summed E-state index contributed by atoms with van der Waals surface area (Å²) in [6.07, 6.45) is 4.13. The van der Waals surface area contributed by atoms with Gasteiger partial charge in [-0.25, -0.2) is 9.67 Å². The van der Waals surface area contributed by atoms with E-state index in [1.807, 2.05) is 5.38 Å². The predicted octanol–water partition coefficient (Wildman–Crippen LogP) is 3.72. The van der Waals surface area contributed by atoms with Crippen LogP contribution < -0.4 is 5.32 Å². The maximum absolute atomic E-state index is 12.5. The highest BCUT2D eigenvalue weighted by atomic mass is 32.1. The Morgan fingerprint density at radius 1 is 1.33 bits per heavy atom. The minimum absolute atomic E-state index is 0.00228. The number of carbonyl (C=O) groups is 1. The SMILES string of the molecule is CC1CCCN(Cc2csc(NC(=O)c3ccn(-c4ccc([N+](=O)[O-])cc4)n3)n2)C1. The molecule has 1 atom stereocenters. The number of non-ortho nitro benzene ring substituents is 1. The molecule has 10 heteroatoms. The Morgan fingerprint density at radius 3 is 2.87 bits per heavy atom. The van der Waals surface area contributed by atoms with Gasteiger partial charge in [0, 0.05) is 36.8 Å². The molecule has 1 saturated heterocycles. The largest absolute Gasteiger partial charge is 0.297 e. The molecular weight excluding hydrogens is 404 g/mol. The molecule has 1 aromatic carbocycles. The summed E-state index contributed by atoms with van der Waals surface area (Å²) >= 11 is 1.40. The molecule has 30 heavy (non-hydrogen) atoms. The van der Waals surface area contributed by atoms with E-state index in [0.717, 1.165) is 25.3 Å². The van der Waals surface area contributed by atoms with Gasteiger partial charge in [0.05, 0.1) is 16.3 Å². The van der Waals surface area contributed by atoms with Crippen molar-refractivity contribution in [2.24, 2.45) is 5.92 Å². The monoisotopic (exact) mass is 426 g/mol. The number of benzene rings is 1. The van der Waals surface area contributed by atoms with Crippen molar-refractivity contribution in [2.45, 2.75) is 26.3 Å². The van der Waals surface area contributed by atoms with Crippen molar-refractivity contribution in [2.75, 3.05) is 18.4 Å². The molecule has 3 heterocycles. The standard InChI is InChI=1S/C20H22N6O3S/c1-14-3-2-9-24(11-14)12-15-13-30-20(21-15)22-19(27)18-8-10-25(23-18)16-4-6-17(7-5-16)26(28)29/h4-8,10,13-14H,2-3,9,11-12H2,1H3,(H,21,22,27). The van der Waals surface area contributed by atoms with Gasteiger partial charge in [-0.3, -0.25) is 25.1 Å². The molecule has 0 aliphatic carbocycles. The summed E-state index contributed by atoms with van der Waals surface area (Å²) < 4.78 is 1.50. The van der Waals surface area contributed by atoms with Crippen molar-refractivity contribution in [3.63, 3.8) is 0 Å². The number of nitrogens with one attached hydrogen (secondary N) is 1. The van der Waals surface area contributed by atoms with E-state index in [0.29, 0.717) is 16.7 Å². The first kappa shape index (κ1) is 20.2. The fourth-order valence-electron chi connectivity index (χ4n) is 3.57. The summed E-state index contributed by atoms with van der Waals surface area (Å²) in [5.41, 5.74) is 1.84. The lowest BCUT2D eigenvalue weighted by Gasteiger charge is -2.30. The summed E-state index contributed by atoms with van der Waals surface area (Å²) in [5.74, 6) is 0.366. The molecule has 156 valence electrons. The van der Waals surface area contributed by atoms with Crippen molar-refractivity contribution in [3.8, 4) is 5.69 Å². The first-order valence-corrected chi connectivity index (χ1v) is 10.6. The lowest BCUT2D eigenvalue weighted by atomic mass is 10.0. The van der Waals surface area contributed by atoms with Crippen molar-refractivity contribution >= 4 is 28.1 Å². The van der Waals surface area contributed by atoms with E-state index < -0.39 is 4.92 Å². The van der Waals surface area contributed by atoms with Crippen LogP contribution >= 0.6 is 11.3 Å². The molecule has 0 radical (unpaired) electrons. The molecule has 0 bridgehead atoms. The minimum Gasteiger partial charge on any atom is -0.297 e. The van der Waals surface area contributed by atoms with Gasteiger partial charge in [-0.2, -0.15) is 5.10 Å². The minimum atomic E-state index is -0.458. The topological polar surface area (TPSA) is 106 Å². The van der Waals surface area contributed by atoms with Gasteiger partial charge in [0.2, 0.25) is 0 Å². The number of hydrogen-bond donors (Lipinski definition) is 1. The number of nitro groups is 1. The Labute approximate surface area is 177 Å². The van der Waals surface area contributed by atoms with Crippen molar-refractivity contribution in [3.05, 3.63) is 63.4 Å². The number of amides is 1. The molecule has 0 saturated carbocycles. The molecule has 1 amide bonds. The summed E-state index contributed by atoms with van der Waals surface area (Å²) in [6.45, 7) is 5.24. The molecule has 2 aromatic heterocycles. The number of piperidine rings is 1. The zero-order valence-electron chi connectivity index (χ0n) is 16.5. The average Bonchev–Trinajstić information content (AvgIpc) is 3.38. The van der Waals surface area contributed by atoms with Gasteiger partial charge in [-0.15, -0.1) is 11.3 Å². The number of anilines is 1. The van der Waals surface area contributed by atoms with Gasteiger partial charge in [0.15, 0.2) is 10.8 Å². The fraction of sp³-hybridized carbons (Fsp3) is 0.350. The van der Waals surface area contributed by atoms with Gasteiger partial charge >= 0.3 is 0 Å². The van der Waals surface area contributed by atoms with Crippen molar-refractivity contribution in [1.82, 2.24) is 19.7 Å². The average molecular weight is 427 g/mol. The second kappa shape index (κ2) is 8.72. The summed E-state index contributed by atoms with van der Waals surface area (Å²) in [5, 5.41) is 20.4. The Morgan fingerprint density at radius 2 is 2.13 bits per heavy atom.